The van der Waals surface area contributed by atoms with E-state index in [2.05, 4.69) is 15.5 Å². The number of rotatable bonds is 2. The van der Waals surface area contributed by atoms with Crippen LogP contribution >= 0.6 is 0 Å². The van der Waals surface area contributed by atoms with E-state index in [9.17, 15) is 4.79 Å². The minimum atomic E-state index is -0.00471. The van der Waals surface area contributed by atoms with Crippen LogP contribution in [0.5, 0.6) is 0 Å². The summed E-state index contributed by atoms with van der Waals surface area (Å²) >= 11 is 0. The zero-order valence-electron chi connectivity index (χ0n) is 11.1. The van der Waals surface area contributed by atoms with E-state index in [1.54, 1.807) is 6.92 Å². The number of urea groups is 1. The Balaban J connectivity index is 1.98. The molecule has 1 atom stereocenters. The molecule has 1 saturated heterocycles. The zero-order valence-corrected chi connectivity index (χ0v) is 11.1. The highest BCUT2D eigenvalue weighted by atomic mass is 16.5. The molecule has 1 fully saturated rings. The molecule has 1 N–H and O–H groups in total. The van der Waals surface area contributed by atoms with Crippen LogP contribution in [0, 0.1) is 6.92 Å². The fraction of sp³-hybridized carbons (Fsp3) is 0.750. The largest absolute Gasteiger partial charge is 0.340 e. The number of nitrogens with zero attached hydrogens (tertiary/aromatic N) is 3. The Bertz CT molecular complexity index is 416. The summed E-state index contributed by atoms with van der Waals surface area (Å²) in [4.78, 5) is 18.0. The van der Waals surface area contributed by atoms with E-state index in [0.717, 1.165) is 25.2 Å². The van der Waals surface area contributed by atoms with Crippen LogP contribution in [0.3, 0.4) is 0 Å². The number of hydrogen-bond acceptors (Lipinski definition) is 4. The number of aryl methyl sites for hydroxylation is 1. The molecule has 0 bridgehead atoms. The third-order valence-corrected chi connectivity index (χ3v) is 3.03. The van der Waals surface area contributed by atoms with Gasteiger partial charge < -0.3 is 14.7 Å². The predicted molar refractivity (Wildman–Crippen MR) is 66.3 cm³/mol. The molecule has 1 aliphatic rings. The average Bonchev–Trinajstić information content (AvgIpc) is 2.75. The third kappa shape index (κ3) is 3.00. The Morgan fingerprint density at radius 2 is 2.33 bits per heavy atom. The fourth-order valence-corrected chi connectivity index (χ4v) is 2.19. The highest BCUT2D eigenvalue weighted by molar-refractivity contribution is 5.74. The van der Waals surface area contributed by atoms with E-state index < -0.39 is 0 Å². The van der Waals surface area contributed by atoms with Crippen LogP contribution in [0.15, 0.2) is 4.52 Å². The number of piperidine rings is 1. The molecule has 0 aromatic carbocycles. The first-order valence-corrected chi connectivity index (χ1v) is 6.42. The number of carbonyl (C=O) groups is 1. The van der Waals surface area contributed by atoms with Crippen molar-refractivity contribution in [1.29, 1.82) is 0 Å². The van der Waals surface area contributed by atoms with E-state index in [4.69, 9.17) is 4.52 Å². The van der Waals surface area contributed by atoms with Crippen molar-refractivity contribution in [1.82, 2.24) is 20.4 Å². The van der Waals surface area contributed by atoms with Crippen molar-refractivity contribution in [2.45, 2.75) is 45.6 Å². The lowest BCUT2D eigenvalue weighted by Crippen LogP contribution is -2.47. The van der Waals surface area contributed by atoms with Crippen molar-refractivity contribution in [3.63, 3.8) is 0 Å². The van der Waals surface area contributed by atoms with Gasteiger partial charge in [-0.25, -0.2) is 4.79 Å². The Morgan fingerprint density at radius 3 is 2.94 bits per heavy atom. The van der Waals surface area contributed by atoms with E-state index in [1.165, 1.54) is 0 Å². The molecule has 100 valence electrons. The van der Waals surface area contributed by atoms with Gasteiger partial charge in [-0.1, -0.05) is 5.16 Å². The molecule has 0 radical (unpaired) electrons. The van der Waals surface area contributed by atoms with Gasteiger partial charge in [0.1, 0.15) is 0 Å². The molecule has 2 rings (SSSR count). The molecule has 0 spiro atoms. The maximum Gasteiger partial charge on any atom is 0.317 e. The van der Waals surface area contributed by atoms with Crippen molar-refractivity contribution in [3.05, 3.63) is 11.7 Å². The number of hydrogen-bond donors (Lipinski definition) is 1. The summed E-state index contributed by atoms with van der Waals surface area (Å²) in [7, 11) is 0. The van der Waals surface area contributed by atoms with Crippen LogP contribution in [0.25, 0.3) is 0 Å². The summed E-state index contributed by atoms with van der Waals surface area (Å²) in [6.07, 6.45) is 1.98. The highest BCUT2D eigenvalue weighted by Crippen LogP contribution is 2.24. The molecule has 2 heterocycles. The maximum absolute atomic E-state index is 11.9. The minimum Gasteiger partial charge on any atom is -0.340 e. The van der Waals surface area contributed by atoms with Gasteiger partial charge >= 0.3 is 6.03 Å². The summed E-state index contributed by atoms with van der Waals surface area (Å²) in [5.74, 6) is 1.48. The average molecular weight is 252 g/mol. The van der Waals surface area contributed by atoms with Gasteiger partial charge in [0.25, 0.3) is 0 Å². The van der Waals surface area contributed by atoms with Crippen molar-refractivity contribution < 1.29 is 9.32 Å². The first kappa shape index (κ1) is 12.9. The number of aromatic nitrogens is 2. The molecule has 1 aromatic rings. The minimum absolute atomic E-state index is 0.00471. The summed E-state index contributed by atoms with van der Waals surface area (Å²) in [5.41, 5.74) is 0. The van der Waals surface area contributed by atoms with Crippen LogP contribution in [-0.4, -0.2) is 40.2 Å². The van der Waals surface area contributed by atoms with Crippen molar-refractivity contribution in [2.24, 2.45) is 0 Å². The first-order valence-electron chi connectivity index (χ1n) is 6.42. The van der Waals surface area contributed by atoms with Gasteiger partial charge in [0.15, 0.2) is 5.82 Å². The Morgan fingerprint density at radius 1 is 1.56 bits per heavy atom. The monoisotopic (exact) mass is 252 g/mol. The summed E-state index contributed by atoms with van der Waals surface area (Å²) in [6.45, 7) is 7.16. The van der Waals surface area contributed by atoms with Crippen LogP contribution in [0.4, 0.5) is 4.79 Å². The zero-order chi connectivity index (χ0) is 13.1. The second-order valence-corrected chi connectivity index (χ2v) is 5.06. The maximum atomic E-state index is 11.9. The number of likely N-dealkylation sites (tertiary alicyclic amines) is 1. The van der Waals surface area contributed by atoms with Crippen LogP contribution in [-0.2, 0) is 0 Å². The van der Waals surface area contributed by atoms with E-state index in [0.29, 0.717) is 12.4 Å². The Hall–Kier alpha value is -1.59. The Kier molecular flexibility index (Phi) is 3.84. The van der Waals surface area contributed by atoms with Gasteiger partial charge in [0.2, 0.25) is 5.89 Å². The van der Waals surface area contributed by atoms with Crippen LogP contribution in [0.2, 0.25) is 0 Å². The topological polar surface area (TPSA) is 71.3 Å². The molecule has 6 heteroatoms. The molecule has 1 aliphatic heterocycles. The summed E-state index contributed by atoms with van der Waals surface area (Å²) < 4.78 is 5.00. The van der Waals surface area contributed by atoms with Gasteiger partial charge in [-0.2, -0.15) is 4.98 Å². The number of amides is 2. The van der Waals surface area contributed by atoms with Gasteiger partial charge in [-0.05, 0) is 26.7 Å². The fourth-order valence-electron chi connectivity index (χ4n) is 2.19. The lowest BCUT2D eigenvalue weighted by atomic mass is 9.98. The lowest BCUT2D eigenvalue weighted by Gasteiger charge is -2.31. The Labute approximate surface area is 107 Å². The summed E-state index contributed by atoms with van der Waals surface area (Å²) in [5, 5.41) is 6.86. The van der Waals surface area contributed by atoms with Gasteiger partial charge in [0, 0.05) is 32.0 Å². The normalized spacial score (nSPS) is 20.2. The van der Waals surface area contributed by atoms with Crippen LogP contribution in [0.1, 0.15) is 44.3 Å². The van der Waals surface area contributed by atoms with Gasteiger partial charge in [0.05, 0.1) is 0 Å². The van der Waals surface area contributed by atoms with Crippen molar-refractivity contribution in [3.8, 4) is 0 Å². The third-order valence-electron chi connectivity index (χ3n) is 3.03. The molecular weight excluding hydrogens is 232 g/mol. The molecule has 0 saturated carbocycles. The summed E-state index contributed by atoms with van der Waals surface area (Å²) in [6, 6.07) is 0.153. The van der Waals surface area contributed by atoms with Crippen LogP contribution < -0.4 is 5.32 Å². The molecule has 6 nitrogen and oxygen atoms in total. The molecule has 2 amide bonds. The SMILES string of the molecule is Cc1nc([C@H]2CCCN(C(=O)NC(C)C)C2)no1. The quantitative estimate of drug-likeness (QED) is 0.869. The molecule has 0 aliphatic carbocycles. The molecule has 18 heavy (non-hydrogen) atoms. The predicted octanol–water partition coefficient (Wildman–Crippen LogP) is 1.68. The molecular formula is C12H20N4O2. The van der Waals surface area contributed by atoms with Gasteiger partial charge in [-0.3, -0.25) is 0 Å². The van der Waals surface area contributed by atoms with E-state index in [-0.39, 0.29) is 18.0 Å². The van der Waals surface area contributed by atoms with Gasteiger partial charge in [-0.15, -0.1) is 0 Å². The number of nitrogens with one attached hydrogen (secondary N) is 1. The standard InChI is InChI=1S/C12H20N4O2/c1-8(2)13-12(17)16-6-4-5-10(7-16)11-14-9(3)18-15-11/h8,10H,4-7H2,1-3H3,(H,13,17)/t10-/m0/s1. The highest BCUT2D eigenvalue weighted by Gasteiger charge is 2.27. The smallest absolute Gasteiger partial charge is 0.317 e. The van der Waals surface area contributed by atoms with E-state index >= 15 is 0 Å². The molecule has 1 aromatic heterocycles. The second-order valence-electron chi connectivity index (χ2n) is 5.06. The molecule has 0 unspecified atom stereocenters. The first-order chi connectivity index (χ1) is 8.56. The van der Waals surface area contributed by atoms with E-state index in [1.807, 2.05) is 18.7 Å². The number of carbonyl (C=O) groups excluding carboxylic acids is 1. The lowest BCUT2D eigenvalue weighted by molar-refractivity contribution is 0.175. The van der Waals surface area contributed by atoms with Crippen molar-refractivity contribution in [2.75, 3.05) is 13.1 Å². The second kappa shape index (κ2) is 5.37. The van der Waals surface area contributed by atoms with Crippen molar-refractivity contribution >= 4 is 6.03 Å².